The van der Waals surface area contributed by atoms with E-state index in [0.29, 0.717) is 11.4 Å². The number of hydrogen-bond acceptors (Lipinski definition) is 7. The molecule has 0 amide bonds. The number of fused-ring (bicyclic) bond motifs is 1. The van der Waals surface area contributed by atoms with E-state index in [0.717, 1.165) is 61.7 Å². The zero-order chi connectivity index (χ0) is 23.3. The van der Waals surface area contributed by atoms with E-state index < -0.39 is 0 Å². The number of piperazine rings is 1. The first-order valence-electron chi connectivity index (χ1n) is 11.9. The number of rotatable bonds is 8. The van der Waals surface area contributed by atoms with Gasteiger partial charge in [-0.3, -0.25) is 4.90 Å². The molecule has 1 saturated heterocycles. The van der Waals surface area contributed by atoms with Crippen LogP contribution in [0.5, 0.6) is 0 Å². The number of anilines is 1. The molecule has 1 unspecified atom stereocenters. The van der Waals surface area contributed by atoms with Crippen molar-refractivity contribution in [1.82, 2.24) is 19.8 Å². The summed E-state index contributed by atoms with van der Waals surface area (Å²) in [6, 6.07) is 20.0. The molecule has 0 saturated carbocycles. The van der Waals surface area contributed by atoms with Crippen molar-refractivity contribution in [2.75, 3.05) is 44.6 Å². The monoisotopic (exact) mass is 457 g/mol. The van der Waals surface area contributed by atoms with Crippen LogP contribution in [0.2, 0.25) is 0 Å². The Balaban J connectivity index is 1.32. The SMILES string of the molecule is CCN1CCN(Cc2ccc(-c3cc4ncnc(NC(CO)c5ccccc5)c4o3)cc2)CC1. The van der Waals surface area contributed by atoms with Crippen LogP contribution in [0, 0.1) is 0 Å². The van der Waals surface area contributed by atoms with Gasteiger partial charge in [0.05, 0.1) is 12.6 Å². The second kappa shape index (κ2) is 10.3. The minimum absolute atomic E-state index is 0.0575. The number of aromatic nitrogens is 2. The quantitative estimate of drug-likeness (QED) is 0.411. The zero-order valence-electron chi connectivity index (χ0n) is 19.5. The fraction of sp³-hybridized carbons (Fsp3) is 0.333. The minimum atomic E-state index is -0.286. The van der Waals surface area contributed by atoms with Gasteiger partial charge in [-0.05, 0) is 17.7 Å². The van der Waals surface area contributed by atoms with Crippen LogP contribution in [0.4, 0.5) is 5.82 Å². The molecule has 2 N–H and O–H groups in total. The number of likely N-dealkylation sites (N-methyl/N-ethyl adjacent to an activating group) is 1. The molecule has 34 heavy (non-hydrogen) atoms. The van der Waals surface area contributed by atoms with Gasteiger partial charge >= 0.3 is 0 Å². The maximum absolute atomic E-state index is 9.92. The van der Waals surface area contributed by atoms with Crippen LogP contribution in [0.1, 0.15) is 24.1 Å². The zero-order valence-corrected chi connectivity index (χ0v) is 19.5. The molecule has 0 radical (unpaired) electrons. The second-order valence-corrected chi connectivity index (χ2v) is 8.74. The van der Waals surface area contributed by atoms with Crippen LogP contribution in [0.3, 0.4) is 0 Å². The number of nitrogens with one attached hydrogen (secondary N) is 1. The summed E-state index contributed by atoms with van der Waals surface area (Å²) in [5, 5.41) is 13.2. The topological polar surface area (TPSA) is 77.7 Å². The standard InChI is InChI=1S/C27H31N5O2/c1-2-31-12-14-32(15-13-31)17-20-8-10-22(11-9-20)25-16-23-26(34-25)27(29-19-28-23)30-24(18-33)21-6-4-3-5-7-21/h3-11,16,19,24,33H,2,12-15,17-18H2,1H3,(H,28,29,30). The highest BCUT2D eigenvalue weighted by Gasteiger charge is 2.18. The van der Waals surface area contributed by atoms with Crippen LogP contribution < -0.4 is 5.32 Å². The van der Waals surface area contributed by atoms with Gasteiger partial charge in [0.2, 0.25) is 0 Å². The van der Waals surface area contributed by atoms with E-state index in [-0.39, 0.29) is 12.6 Å². The Labute approximate surface area is 200 Å². The van der Waals surface area contributed by atoms with E-state index in [1.165, 1.54) is 11.9 Å². The molecule has 1 aliphatic heterocycles. The lowest BCUT2D eigenvalue weighted by molar-refractivity contribution is 0.132. The van der Waals surface area contributed by atoms with Gasteiger partial charge in [-0.25, -0.2) is 9.97 Å². The highest BCUT2D eigenvalue weighted by atomic mass is 16.3. The first-order chi connectivity index (χ1) is 16.7. The third-order valence-corrected chi connectivity index (χ3v) is 6.56. The fourth-order valence-corrected chi connectivity index (χ4v) is 4.48. The van der Waals surface area contributed by atoms with Crippen LogP contribution in [-0.2, 0) is 6.54 Å². The first kappa shape index (κ1) is 22.5. The Bertz CT molecular complexity index is 1200. The number of aliphatic hydroxyl groups is 1. The van der Waals surface area contributed by atoms with E-state index in [9.17, 15) is 5.11 Å². The van der Waals surface area contributed by atoms with E-state index in [2.05, 4.69) is 56.3 Å². The number of hydrogen-bond donors (Lipinski definition) is 2. The molecular formula is C27H31N5O2. The highest BCUT2D eigenvalue weighted by molar-refractivity contribution is 5.87. The van der Waals surface area contributed by atoms with Crippen LogP contribution in [0.25, 0.3) is 22.4 Å². The summed E-state index contributed by atoms with van der Waals surface area (Å²) in [7, 11) is 0. The van der Waals surface area contributed by atoms with Crippen molar-refractivity contribution >= 4 is 16.9 Å². The Hall–Kier alpha value is -3.26. The van der Waals surface area contributed by atoms with Gasteiger partial charge in [0.15, 0.2) is 11.4 Å². The molecule has 2 aromatic carbocycles. The number of nitrogens with zero attached hydrogens (tertiary/aromatic N) is 4. The maximum Gasteiger partial charge on any atom is 0.195 e. The first-order valence-corrected chi connectivity index (χ1v) is 11.9. The normalized spacial score (nSPS) is 16.1. The number of benzene rings is 2. The van der Waals surface area contributed by atoms with Gasteiger partial charge in [0, 0.05) is 44.4 Å². The highest BCUT2D eigenvalue weighted by Crippen LogP contribution is 2.31. The molecule has 7 nitrogen and oxygen atoms in total. The Morgan fingerprint density at radius 3 is 2.41 bits per heavy atom. The molecule has 5 rings (SSSR count). The van der Waals surface area contributed by atoms with E-state index in [1.54, 1.807) is 0 Å². The number of aliphatic hydroxyl groups excluding tert-OH is 1. The summed E-state index contributed by atoms with van der Waals surface area (Å²) in [5.41, 5.74) is 4.61. The van der Waals surface area contributed by atoms with Gasteiger partial charge in [0.25, 0.3) is 0 Å². The van der Waals surface area contributed by atoms with Crippen molar-refractivity contribution in [2.24, 2.45) is 0 Å². The van der Waals surface area contributed by atoms with Crippen LogP contribution >= 0.6 is 0 Å². The fourth-order valence-electron chi connectivity index (χ4n) is 4.48. The molecule has 2 aromatic heterocycles. The summed E-state index contributed by atoms with van der Waals surface area (Å²) in [5.74, 6) is 1.32. The lowest BCUT2D eigenvalue weighted by Gasteiger charge is -2.34. The van der Waals surface area contributed by atoms with Gasteiger partial charge in [-0.2, -0.15) is 0 Å². The lowest BCUT2D eigenvalue weighted by atomic mass is 10.1. The summed E-state index contributed by atoms with van der Waals surface area (Å²) in [6.07, 6.45) is 1.52. The Kier molecular flexibility index (Phi) is 6.85. The molecule has 1 fully saturated rings. The molecule has 1 aliphatic rings. The molecule has 176 valence electrons. The Morgan fingerprint density at radius 1 is 0.971 bits per heavy atom. The van der Waals surface area contributed by atoms with Crippen molar-refractivity contribution in [2.45, 2.75) is 19.5 Å². The van der Waals surface area contributed by atoms with E-state index >= 15 is 0 Å². The third-order valence-electron chi connectivity index (χ3n) is 6.56. The predicted octanol–water partition coefficient (Wildman–Crippen LogP) is 4.17. The average Bonchev–Trinajstić information content (AvgIpc) is 3.34. The van der Waals surface area contributed by atoms with E-state index in [4.69, 9.17) is 4.42 Å². The maximum atomic E-state index is 9.92. The largest absolute Gasteiger partial charge is 0.450 e. The average molecular weight is 458 g/mol. The van der Waals surface area contributed by atoms with Crippen molar-refractivity contribution < 1.29 is 9.52 Å². The van der Waals surface area contributed by atoms with E-state index in [1.807, 2.05) is 36.4 Å². The van der Waals surface area contributed by atoms with Gasteiger partial charge in [-0.15, -0.1) is 0 Å². The third kappa shape index (κ3) is 4.97. The van der Waals surface area contributed by atoms with Gasteiger partial charge in [0.1, 0.15) is 17.6 Å². The Morgan fingerprint density at radius 2 is 1.71 bits per heavy atom. The lowest BCUT2D eigenvalue weighted by Crippen LogP contribution is -2.45. The smallest absolute Gasteiger partial charge is 0.195 e. The molecule has 0 bridgehead atoms. The molecular weight excluding hydrogens is 426 g/mol. The van der Waals surface area contributed by atoms with Gasteiger partial charge < -0.3 is 19.7 Å². The molecule has 7 heteroatoms. The molecule has 4 aromatic rings. The second-order valence-electron chi connectivity index (χ2n) is 8.74. The van der Waals surface area contributed by atoms with Crippen molar-refractivity contribution in [3.8, 4) is 11.3 Å². The molecule has 0 aliphatic carbocycles. The van der Waals surface area contributed by atoms with Crippen molar-refractivity contribution in [3.63, 3.8) is 0 Å². The molecule has 0 spiro atoms. The summed E-state index contributed by atoms with van der Waals surface area (Å²) in [4.78, 5) is 13.8. The number of furan rings is 1. The van der Waals surface area contributed by atoms with Crippen LogP contribution in [0.15, 0.2) is 71.4 Å². The summed E-state index contributed by atoms with van der Waals surface area (Å²) in [6.45, 7) is 8.80. The summed E-state index contributed by atoms with van der Waals surface area (Å²) < 4.78 is 6.20. The molecule has 3 heterocycles. The minimum Gasteiger partial charge on any atom is -0.450 e. The summed E-state index contributed by atoms with van der Waals surface area (Å²) >= 11 is 0. The van der Waals surface area contributed by atoms with Crippen molar-refractivity contribution in [3.05, 3.63) is 78.1 Å². The van der Waals surface area contributed by atoms with Gasteiger partial charge in [-0.1, -0.05) is 61.5 Å². The van der Waals surface area contributed by atoms with Crippen molar-refractivity contribution in [1.29, 1.82) is 0 Å². The van der Waals surface area contributed by atoms with Crippen LogP contribution in [-0.4, -0.2) is 64.2 Å². The molecule has 1 atom stereocenters. The predicted molar refractivity (Wildman–Crippen MR) is 135 cm³/mol.